The first-order chi connectivity index (χ1) is 7.16. The van der Waals surface area contributed by atoms with Crippen molar-refractivity contribution in [3.8, 4) is 0 Å². The third-order valence-electron chi connectivity index (χ3n) is 2.62. The first-order valence-electron chi connectivity index (χ1n) is 4.76. The molecule has 0 saturated carbocycles. The lowest BCUT2D eigenvalue weighted by molar-refractivity contribution is -0.120. The van der Waals surface area contributed by atoms with Crippen LogP contribution in [0.2, 0.25) is 0 Å². The molecule has 1 heterocycles. The number of benzene rings is 1. The van der Waals surface area contributed by atoms with Crippen molar-refractivity contribution in [2.75, 3.05) is 12.0 Å². The summed E-state index contributed by atoms with van der Waals surface area (Å²) in [5, 5.41) is 9.94. The highest BCUT2D eigenvalue weighted by molar-refractivity contribution is 5.94. The minimum atomic E-state index is -0.768. The highest BCUT2D eigenvalue weighted by Crippen LogP contribution is 2.39. The predicted octanol–water partition coefficient (Wildman–Crippen LogP) is 1.06. The van der Waals surface area contributed by atoms with E-state index in [-0.39, 0.29) is 5.91 Å². The van der Waals surface area contributed by atoms with Crippen LogP contribution in [0.4, 0.5) is 5.69 Å². The third kappa shape index (κ3) is 1.42. The van der Waals surface area contributed by atoms with E-state index in [2.05, 4.69) is 0 Å². The molecule has 2 rings (SSSR count). The molecule has 0 unspecified atom stereocenters. The van der Waals surface area contributed by atoms with Gasteiger partial charge in [0.05, 0.1) is 5.69 Å². The van der Waals surface area contributed by atoms with Crippen LogP contribution in [0.15, 0.2) is 24.3 Å². The first kappa shape index (κ1) is 10.1. The number of ether oxygens (including phenoxy) is 1. The fourth-order valence-electron chi connectivity index (χ4n) is 1.97. The lowest BCUT2D eigenvalue weighted by Crippen LogP contribution is -2.39. The van der Waals surface area contributed by atoms with Crippen LogP contribution >= 0.6 is 0 Å². The maximum atomic E-state index is 11.5. The molecule has 0 aliphatic carbocycles. The summed E-state index contributed by atoms with van der Waals surface area (Å²) in [4.78, 5) is 12.9. The molecular weight excluding hydrogens is 194 g/mol. The summed E-state index contributed by atoms with van der Waals surface area (Å²) in [6.45, 7) is 1.46. The molecule has 0 radical (unpaired) electrons. The van der Waals surface area contributed by atoms with Gasteiger partial charge < -0.3 is 9.84 Å². The maximum absolute atomic E-state index is 11.5. The molecule has 0 aromatic heterocycles. The average Bonchev–Trinajstić information content (AvgIpc) is 2.52. The van der Waals surface area contributed by atoms with Crippen LogP contribution in [0, 0.1) is 0 Å². The summed E-state index contributed by atoms with van der Waals surface area (Å²) in [6, 6.07) is 7.27. The highest BCUT2D eigenvalue weighted by atomic mass is 16.5. The summed E-state index contributed by atoms with van der Waals surface area (Å²) in [7, 11) is 1.48. The zero-order chi connectivity index (χ0) is 11.0. The van der Waals surface area contributed by atoms with Crippen LogP contribution in [0.5, 0.6) is 0 Å². The molecule has 4 nitrogen and oxygen atoms in total. The highest BCUT2D eigenvalue weighted by Gasteiger charge is 2.39. The van der Waals surface area contributed by atoms with Crippen molar-refractivity contribution in [1.29, 1.82) is 0 Å². The Morgan fingerprint density at radius 1 is 1.47 bits per heavy atom. The van der Waals surface area contributed by atoms with E-state index in [1.807, 2.05) is 12.1 Å². The molecule has 1 aliphatic rings. The molecule has 1 aromatic rings. The van der Waals surface area contributed by atoms with Crippen molar-refractivity contribution in [1.82, 2.24) is 0 Å². The van der Waals surface area contributed by atoms with E-state index in [0.717, 1.165) is 11.3 Å². The Hall–Kier alpha value is -1.39. The van der Waals surface area contributed by atoms with Gasteiger partial charge in [-0.2, -0.15) is 0 Å². The van der Waals surface area contributed by atoms with Gasteiger partial charge in [0, 0.05) is 19.6 Å². The maximum Gasteiger partial charge on any atom is 0.226 e. The number of para-hydroxylation sites is 1. The Labute approximate surface area is 88.1 Å². The van der Waals surface area contributed by atoms with Crippen molar-refractivity contribution < 1.29 is 14.6 Å². The van der Waals surface area contributed by atoms with Gasteiger partial charge >= 0.3 is 0 Å². The topological polar surface area (TPSA) is 49.8 Å². The zero-order valence-corrected chi connectivity index (χ0v) is 8.68. The number of fused-ring (bicyclic) bond motifs is 1. The molecule has 1 aliphatic heterocycles. The monoisotopic (exact) mass is 207 g/mol. The fourth-order valence-corrected chi connectivity index (χ4v) is 1.97. The van der Waals surface area contributed by atoms with Crippen LogP contribution in [0.3, 0.4) is 0 Å². The number of aliphatic hydroxyl groups excluding tert-OH is 1. The summed E-state index contributed by atoms with van der Waals surface area (Å²) in [5.74, 6) is -0.133. The van der Waals surface area contributed by atoms with Crippen LogP contribution in [-0.2, 0) is 9.53 Å². The van der Waals surface area contributed by atoms with E-state index in [0.29, 0.717) is 0 Å². The number of hydrogen-bond donors (Lipinski definition) is 1. The van der Waals surface area contributed by atoms with Crippen molar-refractivity contribution in [2.24, 2.45) is 0 Å². The molecule has 0 bridgehead atoms. The first-order valence-corrected chi connectivity index (χ1v) is 4.76. The second-order valence-electron chi connectivity index (χ2n) is 3.52. The number of amides is 1. The SMILES string of the molecule is CO[C@H]1[C@H](O)c2ccccc2N1C(C)=O. The number of rotatable bonds is 1. The second kappa shape index (κ2) is 3.64. The second-order valence-corrected chi connectivity index (χ2v) is 3.52. The Balaban J connectivity index is 2.50. The predicted molar refractivity (Wildman–Crippen MR) is 55.4 cm³/mol. The quantitative estimate of drug-likeness (QED) is 0.749. The van der Waals surface area contributed by atoms with Crippen molar-refractivity contribution in [3.63, 3.8) is 0 Å². The van der Waals surface area contributed by atoms with Crippen LogP contribution in [-0.4, -0.2) is 24.4 Å². The minimum Gasteiger partial charge on any atom is -0.384 e. The Morgan fingerprint density at radius 3 is 2.73 bits per heavy atom. The summed E-state index contributed by atoms with van der Waals surface area (Å²) in [5.41, 5.74) is 1.46. The van der Waals surface area contributed by atoms with Gasteiger partial charge in [0.2, 0.25) is 5.91 Å². The van der Waals surface area contributed by atoms with Crippen molar-refractivity contribution in [3.05, 3.63) is 29.8 Å². The van der Waals surface area contributed by atoms with Gasteiger partial charge in [0.15, 0.2) is 6.23 Å². The summed E-state index contributed by atoms with van der Waals surface area (Å²) >= 11 is 0. The van der Waals surface area contributed by atoms with E-state index in [4.69, 9.17) is 4.74 Å². The van der Waals surface area contributed by atoms with Crippen LogP contribution < -0.4 is 4.90 Å². The number of carbonyl (C=O) groups excluding carboxylic acids is 1. The lowest BCUT2D eigenvalue weighted by atomic mass is 10.1. The molecule has 0 fully saturated rings. The molecule has 2 atom stereocenters. The molecule has 1 N–H and O–H groups in total. The fraction of sp³-hybridized carbons (Fsp3) is 0.364. The molecule has 15 heavy (non-hydrogen) atoms. The normalized spacial score (nSPS) is 24.1. The Morgan fingerprint density at radius 2 is 2.13 bits per heavy atom. The molecule has 80 valence electrons. The molecular formula is C11H13NO3. The number of carbonyl (C=O) groups is 1. The number of nitrogens with zero attached hydrogens (tertiary/aromatic N) is 1. The lowest BCUT2D eigenvalue weighted by Gasteiger charge is -2.23. The number of aliphatic hydroxyl groups is 1. The Kier molecular flexibility index (Phi) is 2.46. The Bertz CT molecular complexity index is 391. The number of methoxy groups -OCH3 is 1. The molecule has 4 heteroatoms. The average molecular weight is 207 g/mol. The standard InChI is InChI=1S/C11H13NO3/c1-7(13)12-9-6-4-3-5-8(9)10(14)11(12)15-2/h3-6,10-11,14H,1-2H3/t10-,11+/m1/s1. The van der Waals surface area contributed by atoms with Crippen molar-refractivity contribution in [2.45, 2.75) is 19.3 Å². The minimum absolute atomic E-state index is 0.133. The van der Waals surface area contributed by atoms with Gasteiger partial charge in [-0.25, -0.2) is 0 Å². The van der Waals surface area contributed by atoms with Crippen LogP contribution in [0.1, 0.15) is 18.6 Å². The summed E-state index contributed by atoms with van der Waals surface area (Å²) < 4.78 is 5.13. The molecule has 1 amide bonds. The van der Waals surface area contributed by atoms with Gasteiger partial charge in [-0.1, -0.05) is 18.2 Å². The van der Waals surface area contributed by atoms with Gasteiger partial charge in [-0.3, -0.25) is 9.69 Å². The molecule has 0 spiro atoms. The molecule has 0 saturated heterocycles. The zero-order valence-electron chi connectivity index (χ0n) is 8.68. The van der Waals surface area contributed by atoms with Crippen molar-refractivity contribution >= 4 is 11.6 Å². The smallest absolute Gasteiger partial charge is 0.226 e. The van der Waals surface area contributed by atoms with Gasteiger partial charge in [-0.05, 0) is 6.07 Å². The van der Waals surface area contributed by atoms with Gasteiger partial charge in [-0.15, -0.1) is 0 Å². The van der Waals surface area contributed by atoms with E-state index >= 15 is 0 Å². The van der Waals surface area contributed by atoms with Gasteiger partial charge in [0.25, 0.3) is 0 Å². The van der Waals surface area contributed by atoms with E-state index in [1.54, 1.807) is 12.1 Å². The van der Waals surface area contributed by atoms with Gasteiger partial charge in [0.1, 0.15) is 6.10 Å². The third-order valence-corrected chi connectivity index (χ3v) is 2.62. The molecule has 1 aromatic carbocycles. The van der Waals surface area contributed by atoms with E-state index in [9.17, 15) is 9.90 Å². The summed E-state index contributed by atoms with van der Waals surface area (Å²) in [6.07, 6.45) is -1.38. The number of hydrogen-bond acceptors (Lipinski definition) is 3. The number of anilines is 1. The van der Waals surface area contributed by atoms with E-state index in [1.165, 1.54) is 18.9 Å². The van der Waals surface area contributed by atoms with Crippen LogP contribution in [0.25, 0.3) is 0 Å². The largest absolute Gasteiger partial charge is 0.384 e. The van der Waals surface area contributed by atoms with E-state index < -0.39 is 12.3 Å².